The van der Waals surface area contributed by atoms with E-state index in [0.29, 0.717) is 27.8 Å². The summed E-state index contributed by atoms with van der Waals surface area (Å²) in [6.07, 6.45) is 0. The van der Waals surface area contributed by atoms with Crippen LogP contribution in [0.5, 0.6) is 0 Å². The smallest absolute Gasteiger partial charge is 0.237 e. The van der Waals surface area contributed by atoms with E-state index >= 15 is 0 Å². The minimum atomic E-state index is -0.455. The molecular weight excluding hydrogens is 379 g/mol. The third-order valence-corrected chi connectivity index (χ3v) is 5.29. The Hall–Kier alpha value is -3.00. The van der Waals surface area contributed by atoms with Crippen molar-refractivity contribution in [3.8, 4) is 11.4 Å². The van der Waals surface area contributed by atoms with Crippen LogP contribution in [-0.4, -0.2) is 31.7 Å². The molecule has 8 heteroatoms. The molecule has 0 aliphatic heterocycles. The van der Waals surface area contributed by atoms with Crippen molar-refractivity contribution >= 4 is 29.1 Å². The van der Waals surface area contributed by atoms with Crippen LogP contribution in [0.25, 0.3) is 11.4 Å². The molecule has 1 atom stereocenters. The molecule has 1 heterocycles. The molecule has 0 saturated heterocycles. The van der Waals surface area contributed by atoms with Gasteiger partial charge in [0, 0.05) is 18.3 Å². The number of benzene rings is 2. The summed E-state index contributed by atoms with van der Waals surface area (Å²) in [5.74, 6) is -0.229. The fraction of sp³-hybridized carbons (Fsp3) is 0.200. The van der Waals surface area contributed by atoms with E-state index < -0.39 is 5.25 Å². The molecule has 0 radical (unpaired) electrons. The number of aromatic nitrogens is 3. The molecule has 0 bridgehead atoms. The molecule has 0 aliphatic rings. The van der Waals surface area contributed by atoms with Crippen molar-refractivity contribution in [1.29, 1.82) is 0 Å². The monoisotopic (exact) mass is 398 g/mol. The first-order valence-corrected chi connectivity index (χ1v) is 9.47. The van der Waals surface area contributed by atoms with Crippen LogP contribution in [-0.2, 0) is 11.8 Å². The van der Waals surface area contributed by atoms with Crippen molar-refractivity contribution in [3.63, 3.8) is 0 Å². The molecule has 6 nitrogen and oxygen atoms in total. The number of hydrogen-bond donors (Lipinski definition) is 1. The van der Waals surface area contributed by atoms with Crippen molar-refractivity contribution in [3.05, 3.63) is 59.9 Å². The summed E-state index contributed by atoms with van der Waals surface area (Å²) in [6.45, 7) is 3.24. The van der Waals surface area contributed by atoms with E-state index in [1.54, 1.807) is 61.0 Å². The molecule has 1 N–H and O–H groups in total. The molecule has 3 aromatic rings. The average Bonchev–Trinajstić information content (AvgIpc) is 3.03. The van der Waals surface area contributed by atoms with E-state index in [0.717, 1.165) is 0 Å². The molecule has 1 aromatic heterocycles. The van der Waals surface area contributed by atoms with Crippen LogP contribution >= 0.6 is 11.8 Å². The van der Waals surface area contributed by atoms with Crippen LogP contribution in [0, 0.1) is 5.82 Å². The second kappa shape index (κ2) is 8.35. The highest BCUT2D eigenvalue weighted by Crippen LogP contribution is 2.27. The van der Waals surface area contributed by atoms with Crippen molar-refractivity contribution < 1.29 is 14.0 Å². The lowest BCUT2D eigenvalue weighted by Gasteiger charge is -2.12. The quantitative estimate of drug-likeness (QED) is 0.503. The lowest BCUT2D eigenvalue weighted by molar-refractivity contribution is -0.115. The first-order chi connectivity index (χ1) is 13.4. The molecule has 1 amide bonds. The largest absolute Gasteiger partial charge is 0.325 e. The minimum Gasteiger partial charge on any atom is -0.325 e. The normalized spacial score (nSPS) is 11.9. The van der Waals surface area contributed by atoms with Crippen molar-refractivity contribution in [2.45, 2.75) is 24.3 Å². The van der Waals surface area contributed by atoms with Crippen LogP contribution in [0.15, 0.2) is 53.7 Å². The summed E-state index contributed by atoms with van der Waals surface area (Å²) < 4.78 is 15.7. The summed E-state index contributed by atoms with van der Waals surface area (Å²) in [4.78, 5) is 23.8. The Morgan fingerprint density at radius 2 is 1.79 bits per heavy atom. The first kappa shape index (κ1) is 19.8. The zero-order chi connectivity index (χ0) is 20.3. The number of carbonyl (C=O) groups excluding carboxylic acids is 2. The van der Waals surface area contributed by atoms with Crippen LogP contribution in [0.2, 0.25) is 0 Å². The average molecular weight is 398 g/mol. The SMILES string of the molecule is CC(=O)c1ccc(NC(=O)C(C)Sc2nnc(-c3ccccc3F)n2C)cc1. The predicted octanol–water partition coefficient (Wildman–Crippen LogP) is 3.94. The number of halogens is 1. The summed E-state index contributed by atoms with van der Waals surface area (Å²) in [7, 11) is 1.73. The fourth-order valence-electron chi connectivity index (χ4n) is 2.54. The molecule has 3 rings (SSSR count). The summed E-state index contributed by atoms with van der Waals surface area (Å²) in [5.41, 5.74) is 1.54. The van der Waals surface area contributed by atoms with E-state index in [1.807, 2.05) is 0 Å². The number of Topliss-reactive ketones (excluding diaryl/α,β-unsaturated/α-hetero) is 1. The van der Waals surface area contributed by atoms with E-state index in [9.17, 15) is 14.0 Å². The van der Waals surface area contributed by atoms with Gasteiger partial charge in [0.25, 0.3) is 0 Å². The second-order valence-corrected chi connectivity index (χ2v) is 7.54. The highest BCUT2D eigenvalue weighted by molar-refractivity contribution is 8.00. The summed E-state index contributed by atoms with van der Waals surface area (Å²) in [5, 5.41) is 11.0. The van der Waals surface area contributed by atoms with Crippen molar-refractivity contribution in [2.75, 3.05) is 5.32 Å². The molecule has 0 aliphatic carbocycles. The number of thioether (sulfide) groups is 1. The maximum absolute atomic E-state index is 14.0. The summed E-state index contributed by atoms with van der Waals surface area (Å²) in [6, 6.07) is 13.0. The molecule has 1 unspecified atom stereocenters. The Bertz CT molecular complexity index is 1020. The third kappa shape index (κ3) is 4.28. The molecule has 0 fully saturated rings. The van der Waals surface area contributed by atoms with Gasteiger partial charge in [0.05, 0.1) is 10.8 Å². The molecule has 28 heavy (non-hydrogen) atoms. The van der Waals surface area contributed by atoms with Gasteiger partial charge in [-0.15, -0.1) is 10.2 Å². The van der Waals surface area contributed by atoms with Gasteiger partial charge in [0.15, 0.2) is 16.8 Å². The first-order valence-electron chi connectivity index (χ1n) is 8.59. The van der Waals surface area contributed by atoms with Crippen molar-refractivity contribution in [1.82, 2.24) is 14.8 Å². The number of amides is 1. The highest BCUT2D eigenvalue weighted by atomic mass is 32.2. The van der Waals surface area contributed by atoms with Gasteiger partial charge >= 0.3 is 0 Å². The number of nitrogens with zero attached hydrogens (tertiary/aromatic N) is 3. The van der Waals surface area contributed by atoms with E-state index in [1.165, 1.54) is 24.8 Å². The van der Waals surface area contributed by atoms with Gasteiger partial charge in [-0.25, -0.2) is 4.39 Å². The Morgan fingerprint density at radius 1 is 1.11 bits per heavy atom. The second-order valence-electron chi connectivity index (χ2n) is 6.23. The number of anilines is 1. The van der Waals surface area contributed by atoms with Gasteiger partial charge < -0.3 is 9.88 Å². The van der Waals surface area contributed by atoms with Crippen molar-refractivity contribution in [2.24, 2.45) is 7.05 Å². The van der Waals surface area contributed by atoms with Gasteiger partial charge in [0.1, 0.15) is 5.82 Å². The minimum absolute atomic E-state index is 0.0326. The Morgan fingerprint density at radius 3 is 2.43 bits per heavy atom. The van der Waals surface area contributed by atoms with E-state index in [4.69, 9.17) is 0 Å². The lowest BCUT2D eigenvalue weighted by Crippen LogP contribution is -2.22. The molecule has 2 aromatic carbocycles. The fourth-order valence-corrected chi connectivity index (χ4v) is 3.35. The van der Waals surface area contributed by atoms with Crippen LogP contribution in [0.4, 0.5) is 10.1 Å². The summed E-state index contributed by atoms with van der Waals surface area (Å²) >= 11 is 1.23. The zero-order valence-electron chi connectivity index (χ0n) is 15.6. The number of nitrogens with one attached hydrogen (secondary N) is 1. The topological polar surface area (TPSA) is 76.9 Å². The molecular formula is C20H19FN4O2S. The maximum atomic E-state index is 14.0. The maximum Gasteiger partial charge on any atom is 0.237 e. The molecule has 0 spiro atoms. The standard InChI is InChI=1S/C20H19FN4O2S/c1-12(26)14-8-10-15(11-9-14)22-19(27)13(2)28-20-24-23-18(25(20)3)16-6-4-5-7-17(16)21/h4-11,13H,1-3H3,(H,22,27). The zero-order valence-corrected chi connectivity index (χ0v) is 16.5. The van der Waals surface area contributed by atoms with E-state index in [2.05, 4.69) is 15.5 Å². The van der Waals surface area contributed by atoms with Crippen LogP contribution in [0.1, 0.15) is 24.2 Å². The predicted molar refractivity (Wildman–Crippen MR) is 107 cm³/mol. The number of hydrogen-bond acceptors (Lipinski definition) is 5. The van der Waals surface area contributed by atoms with Gasteiger partial charge in [-0.3, -0.25) is 9.59 Å². The third-order valence-electron chi connectivity index (χ3n) is 4.16. The molecule has 0 saturated carbocycles. The number of rotatable bonds is 6. The Labute approximate surface area is 166 Å². The number of ketones is 1. The molecule has 144 valence electrons. The van der Waals surface area contributed by atoms with Gasteiger partial charge in [0.2, 0.25) is 5.91 Å². The number of carbonyl (C=O) groups is 2. The van der Waals surface area contributed by atoms with E-state index in [-0.39, 0.29) is 17.5 Å². The van der Waals surface area contributed by atoms with Gasteiger partial charge in [-0.05, 0) is 50.2 Å². The van der Waals surface area contributed by atoms with Crippen LogP contribution in [0.3, 0.4) is 0 Å². The Kier molecular flexibility index (Phi) is 5.89. The lowest BCUT2D eigenvalue weighted by atomic mass is 10.1. The van der Waals surface area contributed by atoms with Gasteiger partial charge in [-0.2, -0.15) is 0 Å². The Balaban J connectivity index is 1.69. The van der Waals surface area contributed by atoms with Gasteiger partial charge in [-0.1, -0.05) is 23.9 Å². The highest BCUT2D eigenvalue weighted by Gasteiger charge is 2.20. The van der Waals surface area contributed by atoms with Crippen LogP contribution < -0.4 is 5.32 Å².